The number of benzene rings is 1. The Bertz CT molecular complexity index is 594. The number of aryl methyl sites for hydroxylation is 2. The standard InChI is InChI=1S/C16H19NO2/c1-5-13-6-8-14(9-7-13)17-11(2)10-15(12(17)3)16(18)19-4/h6-10H,5H2,1-4H3. The third kappa shape index (κ3) is 2.41. The highest BCUT2D eigenvalue weighted by atomic mass is 16.5. The summed E-state index contributed by atoms with van der Waals surface area (Å²) in [4.78, 5) is 11.7. The summed E-state index contributed by atoms with van der Waals surface area (Å²) in [5.74, 6) is -0.287. The monoisotopic (exact) mass is 257 g/mol. The van der Waals surface area contributed by atoms with Gasteiger partial charge in [-0.05, 0) is 44.0 Å². The molecule has 3 heteroatoms. The van der Waals surface area contributed by atoms with E-state index in [9.17, 15) is 4.79 Å². The molecular weight excluding hydrogens is 238 g/mol. The van der Waals surface area contributed by atoms with Crippen molar-refractivity contribution < 1.29 is 9.53 Å². The van der Waals surface area contributed by atoms with Crippen molar-refractivity contribution in [1.82, 2.24) is 4.57 Å². The second-order valence-electron chi connectivity index (χ2n) is 4.63. The maximum Gasteiger partial charge on any atom is 0.339 e. The first-order valence-corrected chi connectivity index (χ1v) is 6.45. The molecule has 2 rings (SSSR count). The number of rotatable bonds is 3. The lowest BCUT2D eigenvalue weighted by atomic mass is 10.1. The minimum atomic E-state index is -0.287. The Kier molecular flexibility index (Phi) is 3.74. The molecule has 0 saturated heterocycles. The van der Waals surface area contributed by atoms with Crippen LogP contribution in [0.3, 0.4) is 0 Å². The van der Waals surface area contributed by atoms with Crippen LogP contribution in [0.15, 0.2) is 30.3 Å². The van der Waals surface area contributed by atoms with Gasteiger partial charge in [-0.15, -0.1) is 0 Å². The van der Waals surface area contributed by atoms with Crippen molar-refractivity contribution >= 4 is 5.97 Å². The zero-order valence-corrected chi connectivity index (χ0v) is 11.9. The van der Waals surface area contributed by atoms with Crippen LogP contribution in [-0.2, 0) is 11.2 Å². The molecule has 0 spiro atoms. The predicted octanol–water partition coefficient (Wildman–Crippen LogP) is 3.44. The molecule has 0 N–H and O–H groups in total. The van der Waals surface area contributed by atoms with Gasteiger partial charge in [0.2, 0.25) is 0 Å². The van der Waals surface area contributed by atoms with Gasteiger partial charge in [0.15, 0.2) is 0 Å². The Morgan fingerprint density at radius 3 is 2.37 bits per heavy atom. The van der Waals surface area contributed by atoms with Gasteiger partial charge in [-0.25, -0.2) is 4.79 Å². The van der Waals surface area contributed by atoms with E-state index in [0.717, 1.165) is 23.5 Å². The number of aromatic nitrogens is 1. The van der Waals surface area contributed by atoms with Crippen molar-refractivity contribution in [3.63, 3.8) is 0 Å². The van der Waals surface area contributed by atoms with Crippen molar-refractivity contribution in [1.29, 1.82) is 0 Å². The van der Waals surface area contributed by atoms with Crippen LogP contribution in [0, 0.1) is 13.8 Å². The van der Waals surface area contributed by atoms with Crippen molar-refractivity contribution in [2.24, 2.45) is 0 Å². The number of nitrogens with zero attached hydrogens (tertiary/aromatic N) is 1. The van der Waals surface area contributed by atoms with Gasteiger partial charge >= 0.3 is 5.97 Å². The fraction of sp³-hybridized carbons (Fsp3) is 0.312. The SMILES string of the molecule is CCc1ccc(-n2c(C)cc(C(=O)OC)c2C)cc1. The molecule has 1 aromatic carbocycles. The molecule has 3 nitrogen and oxygen atoms in total. The topological polar surface area (TPSA) is 31.2 Å². The minimum absolute atomic E-state index is 0.287. The highest BCUT2D eigenvalue weighted by molar-refractivity contribution is 5.91. The summed E-state index contributed by atoms with van der Waals surface area (Å²) in [6.45, 7) is 6.07. The highest BCUT2D eigenvalue weighted by Gasteiger charge is 2.16. The molecular formula is C16H19NO2. The van der Waals surface area contributed by atoms with E-state index in [1.165, 1.54) is 12.7 Å². The van der Waals surface area contributed by atoms with Gasteiger partial charge in [0, 0.05) is 17.1 Å². The number of carbonyl (C=O) groups is 1. The normalized spacial score (nSPS) is 10.5. The van der Waals surface area contributed by atoms with Crippen LogP contribution < -0.4 is 0 Å². The van der Waals surface area contributed by atoms with Crippen LogP contribution in [0.5, 0.6) is 0 Å². The molecule has 100 valence electrons. The van der Waals surface area contributed by atoms with E-state index < -0.39 is 0 Å². The summed E-state index contributed by atoms with van der Waals surface area (Å²) >= 11 is 0. The number of hydrogen-bond acceptors (Lipinski definition) is 2. The second kappa shape index (κ2) is 5.31. The molecule has 1 heterocycles. The number of carbonyl (C=O) groups excluding carboxylic acids is 1. The van der Waals surface area contributed by atoms with Crippen molar-refractivity contribution in [3.05, 3.63) is 52.8 Å². The lowest BCUT2D eigenvalue weighted by molar-refractivity contribution is 0.0600. The number of esters is 1. The maximum atomic E-state index is 11.7. The molecule has 0 amide bonds. The van der Waals surface area contributed by atoms with Gasteiger partial charge < -0.3 is 9.30 Å². The molecule has 0 bridgehead atoms. The molecule has 0 aliphatic rings. The Morgan fingerprint density at radius 2 is 1.84 bits per heavy atom. The smallest absolute Gasteiger partial charge is 0.339 e. The zero-order chi connectivity index (χ0) is 14.0. The molecule has 0 saturated carbocycles. The average molecular weight is 257 g/mol. The first kappa shape index (κ1) is 13.4. The predicted molar refractivity (Wildman–Crippen MR) is 76.0 cm³/mol. The van der Waals surface area contributed by atoms with Gasteiger partial charge in [-0.2, -0.15) is 0 Å². The van der Waals surface area contributed by atoms with Crippen LogP contribution in [0.2, 0.25) is 0 Å². The van der Waals surface area contributed by atoms with Gasteiger partial charge in [-0.1, -0.05) is 19.1 Å². The van der Waals surface area contributed by atoms with Gasteiger partial charge in [0.25, 0.3) is 0 Å². The number of hydrogen-bond donors (Lipinski definition) is 0. The summed E-state index contributed by atoms with van der Waals surface area (Å²) in [5.41, 5.74) is 4.94. The molecule has 0 aliphatic heterocycles. The van der Waals surface area contributed by atoms with Gasteiger partial charge in [0.05, 0.1) is 12.7 Å². The van der Waals surface area contributed by atoms with E-state index in [1.807, 2.05) is 19.9 Å². The molecule has 0 aliphatic carbocycles. The summed E-state index contributed by atoms with van der Waals surface area (Å²) in [6, 6.07) is 10.3. The molecule has 2 aromatic rings. The fourth-order valence-electron chi connectivity index (χ4n) is 2.36. The quantitative estimate of drug-likeness (QED) is 0.789. The van der Waals surface area contributed by atoms with Gasteiger partial charge in [0.1, 0.15) is 0 Å². The minimum Gasteiger partial charge on any atom is -0.465 e. The lowest BCUT2D eigenvalue weighted by Gasteiger charge is -2.10. The molecule has 19 heavy (non-hydrogen) atoms. The van der Waals surface area contributed by atoms with E-state index in [4.69, 9.17) is 4.74 Å². The van der Waals surface area contributed by atoms with Crippen molar-refractivity contribution in [3.8, 4) is 5.69 Å². The highest BCUT2D eigenvalue weighted by Crippen LogP contribution is 2.21. The third-order valence-electron chi connectivity index (χ3n) is 3.44. The second-order valence-corrected chi connectivity index (χ2v) is 4.63. The molecule has 0 fully saturated rings. The molecule has 0 radical (unpaired) electrons. The zero-order valence-electron chi connectivity index (χ0n) is 11.9. The number of ether oxygens (including phenoxy) is 1. The number of methoxy groups -OCH3 is 1. The summed E-state index contributed by atoms with van der Waals surface area (Å²) in [5, 5.41) is 0. The summed E-state index contributed by atoms with van der Waals surface area (Å²) in [6.07, 6.45) is 1.03. The van der Waals surface area contributed by atoms with Crippen LogP contribution >= 0.6 is 0 Å². The largest absolute Gasteiger partial charge is 0.465 e. The summed E-state index contributed by atoms with van der Waals surface area (Å²) < 4.78 is 6.88. The molecule has 1 aromatic heterocycles. The first-order chi connectivity index (χ1) is 9.08. The van der Waals surface area contributed by atoms with E-state index in [1.54, 1.807) is 0 Å². The van der Waals surface area contributed by atoms with E-state index in [2.05, 4.69) is 35.8 Å². The average Bonchev–Trinajstić information content (AvgIpc) is 2.73. The van der Waals surface area contributed by atoms with E-state index in [0.29, 0.717) is 5.56 Å². The third-order valence-corrected chi connectivity index (χ3v) is 3.44. The maximum absolute atomic E-state index is 11.7. The Hall–Kier alpha value is -2.03. The fourth-order valence-corrected chi connectivity index (χ4v) is 2.36. The van der Waals surface area contributed by atoms with E-state index in [-0.39, 0.29) is 5.97 Å². The van der Waals surface area contributed by atoms with Crippen molar-refractivity contribution in [2.75, 3.05) is 7.11 Å². The molecule has 0 unspecified atom stereocenters. The first-order valence-electron chi connectivity index (χ1n) is 6.45. The van der Waals surface area contributed by atoms with Crippen LogP contribution in [0.25, 0.3) is 5.69 Å². The van der Waals surface area contributed by atoms with Gasteiger partial charge in [-0.3, -0.25) is 0 Å². The Morgan fingerprint density at radius 1 is 1.21 bits per heavy atom. The Balaban J connectivity index is 2.49. The van der Waals surface area contributed by atoms with Crippen LogP contribution in [0.1, 0.15) is 34.2 Å². The summed E-state index contributed by atoms with van der Waals surface area (Å²) in [7, 11) is 1.41. The van der Waals surface area contributed by atoms with Crippen LogP contribution in [-0.4, -0.2) is 17.6 Å². The molecule has 0 atom stereocenters. The lowest BCUT2D eigenvalue weighted by Crippen LogP contribution is -2.04. The Labute approximate surface area is 113 Å². The van der Waals surface area contributed by atoms with E-state index >= 15 is 0 Å². The van der Waals surface area contributed by atoms with Crippen LogP contribution in [0.4, 0.5) is 0 Å². The van der Waals surface area contributed by atoms with Crippen molar-refractivity contribution in [2.45, 2.75) is 27.2 Å².